The number of hydrogen-bond acceptors (Lipinski definition) is 4. The first kappa shape index (κ1) is 19.1. The van der Waals surface area contributed by atoms with Gasteiger partial charge in [-0.3, -0.25) is 9.98 Å². The van der Waals surface area contributed by atoms with Crippen molar-refractivity contribution in [2.75, 3.05) is 6.61 Å². The minimum Gasteiger partial charge on any atom is -0.394 e. The van der Waals surface area contributed by atoms with Crippen molar-refractivity contribution in [3.63, 3.8) is 0 Å². The third-order valence-electron chi connectivity index (χ3n) is 7.23. The van der Waals surface area contributed by atoms with Gasteiger partial charge in [-0.2, -0.15) is 0 Å². The van der Waals surface area contributed by atoms with Crippen LogP contribution in [0.25, 0.3) is 11.2 Å². The summed E-state index contributed by atoms with van der Waals surface area (Å²) in [6.07, 6.45) is 8.24. The fraction of sp³-hybridized carbons (Fsp3) is 0.682. The van der Waals surface area contributed by atoms with E-state index in [1.165, 1.54) is 12.8 Å². The van der Waals surface area contributed by atoms with E-state index in [0.29, 0.717) is 28.5 Å². The van der Waals surface area contributed by atoms with E-state index in [1.54, 1.807) is 30.8 Å². The molecule has 0 bridgehead atoms. The smallest absolute Gasteiger partial charge is 0.260 e. The van der Waals surface area contributed by atoms with Gasteiger partial charge in [0.05, 0.1) is 30.0 Å². The number of aliphatic hydroxyl groups excluding tert-OH is 1. The number of aliphatic hydroxyl groups is 1. The first-order chi connectivity index (χ1) is 13.8. The summed E-state index contributed by atoms with van der Waals surface area (Å²) in [6, 6.07) is 1.66. The molecule has 156 valence electrons. The Balaban J connectivity index is 1.48. The minimum atomic E-state index is -2.67. The average Bonchev–Trinajstić information content (AvgIpc) is 3.57. The van der Waals surface area contributed by atoms with Crippen molar-refractivity contribution < 1.29 is 13.9 Å². The van der Waals surface area contributed by atoms with Gasteiger partial charge in [0.25, 0.3) is 5.92 Å². The molecule has 5 nitrogen and oxygen atoms in total. The molecule has 0 aromatic carbocycles. The Bertz CT molecular complexity index is 981. The number of alkyl halides is 2. The van der Waals surface area contributed by atoms with Gasteiger partial charge >= 0.3 is 0 Å². The van der Waals surface area contributed by atoms with E-state index in [2.05, 4.69) is 4.98 Å². The molecule has 2 aromatic rings. The van der Waals surface area contributed by atoms with Crippen LogP contribution in [0.4, 0.5) is 8.78 Å². The van der Waals surface area contributed by atoms with Crippen LogP contribution in [0.3, 0.4) is 0 Å². The molecule has 3 atom stereocenters. The normalized spacial score (nSPS) is 31.6. The lowest BCUT2D eigenvalue weighted by Gasteiger charge is -2.20. The molecule has 3 heterocycles. The first-order valence-electron chi connectivity index (χ1n) is 10.7. The molecular weight excluding hydrogens is 374 g/mol. The highest BCUT2D eigenvalue weighted by atomic mass is 19.3. The molecule has 0 saturated heterocycles. The summed E-state index contributed by atoms with van der Waals surface area (Å²) in [5.74, 6) is -1.43. The maximum Gasteiger partial charge on any atom is 0.260 e. The van der Waals surface area contributed by atoms with Crippen LogP contribution in [0.2, 0.25) is 0 Å². The Morgan fingerprint density at radius 2 is 2.03 bits per heavy atom. The number of aromatic nitrogens is 3. The summed E-state index contributed by atoms with van der Waals surface area (Å²) < 4.78 is 29.6. The standard InChI is InChI=1S/C22H28F2N4O/c1-21(12-22(21,23)24)19-9-16-20(28(19)2)27-17(10-25-16)15-5-3-4-14(8-13-6-7-13)18(11-29)26-15/h9-10,13-14,18,29H,3-8,11-12H2,1-2H3/t14-,18-,21?/m0/s1. The fourth-order valence-electron chi connectivity index (χ4n) is 4.96. The van der Waals surface area contributed by atoms with Gasteiger partial charge in [-0.15, -0.1) is 0 Å². The highest BCUT2D eigenvalue weighted by molar-refractivity contribution is 6.00. The third kappa shape index (κ3) is 3.18. The van der Waals surface area contributed by atoms with E-state index in [9.17, 15) is 13.9 Å². The number of aliphatic imine (C=N–C) groups is 1. The van der Waals surface area contributed by atoms with Crippen molar-refractivity contribution in [1.29, 1.82) is 0 Å². The number of halogens is 2. The SMILES string of the molecule is Cn1c(C2(C)CC2(F)F)cc2ncc(C3=N[C@@H](CO)[C@H](CC4CC4)CCC3)nc21. The van der Waals surface area contributed by atoms with E-state index in [4.69, 9.17) is 9.98 Å². The molecule has 5 rings (SSSR count). The minimum absolute atomic E-state index is 0.0539. The molecule has 2 saturated carbocycles. The van der Waals surface area contributed by atoms with Gasteiger partial charge in [0.2, 0.25) is 0 Å². The number of aryl methyl sites for hydroxylation is 1. The molecule has 2 aliphatic carbocycles. The van der Waals surface area contributed by atoms with Crippen LogP contribution < -0.4 is 0 Å². The maximum atomic E-state index is 13.9. The second-order valence-electron chi connectivity index (χ2n) is 9.42. The van der Waals surface area contributed by atoms with Gasteiger partial charge in [-0.05, 0) is 50.5 Å². The van der Waals surface area contributed by atoms with E-state index in [-0.39, 0.29) is 19.1 Å². The number of nitrogens with zero attached hydrogens (tertiary/aromatic N) is 4. The highest BCUT2D eigenvalue weighted by Gasteiger charge is 2.70. The van der Waals surface area contributed by atoms with Crippen molar-refractivity contribution in [3.05, 3.63) is 23.7 Å². The van der Waals surface area contributed by atoms with Gasteiger partial charge in [-0.1, -0.05) is 12.8 Å². The van der Waals surface area contributed by atoms with Crippen LogP contribution in [0, 0.1) is 11.8 Å². The van der Waals surface area contributed by atoms with Gasteiger partial charge in [0, 0.05) is 19.2 Å². The predicted octanol–water partition coefficient (Wildman–Crippen LogP) is 4.02. The average molecular weight is 402 g/mol. The summed E-state index contributed by atoms with van der Waals surface area (Å²) in [4.78, 5) is 14.2. The summed E-state index contributed by atoms with van der Waals surface area (Å²) in [5.41, 5.74) is 2.27. The van der Waals surface area contributed by atoms with Crippen LogP contribution in [-0.4, -0.2) is 43.9 Å². The summed E-state index contributed by atoms with van der Waals surface area (Å²) >= 11 is 0. The molecule has 0 radical (unpaired) electrons. The quantitative estimate of drug-likeness (QED) is 0.822. The molecule has 0 amide bonds. The molecule has 3 aliphatic rings. The van der Waals surface area contributed by atoms with Gasteiger partial charge < -0.3 is 9.67 Å². The largest absolute Gasteiger partial charge is 0.394 e. The summed E-state index contributed by atoms with van der Waals surface area (Å²) in [6.45, 7) is 1.65. The molecule has 2 fully saturated rings. The van der Waals surface area contributed by atoms with E-state index in [1.807, 2.05) is 0 Å². The summed E-state index contributed by atoms with van der Waals surface area (Å²) in [5, 5.41) is 9.93. The summed E-state index contributed by atoms with van der Waals surface area (Å²) in [7, 11) is 1.78. The van der Waals surface area contributed by atoms with Crippen molar-refractivity contribution in [3.8, 4) is 0 Å². The molecule has 1 aliphatic heterocycles. The van der Waals surface area contributed by atoms with Crippen LogP contribution in [0.15, 0.2) is 17.3 Å². The van der Waals surface area contributed by atoms with Crippen molar-refractivity contribution in [2.24, 2.45) is 23.9 Å². The Kier molecular flexibility index (Phi) is 4.32. The lowest BCUT2D eigenvalue weighted by atomic mass is 9.90. The number of fused-ring (bicyclic) bond motifs is 1. The Morgan fingerprint density at radius 1 is 1.28 bits per heavy atom. The fourth-order valence-corrected chi connectivity index (χ4v) is 4.96. The number of rotatable bonds is 5. The predicted molar refractivity (Wildman–Crippen MR) is 108 cm³/mol. The van der Waals surface area contributed by atoms with Gasteiger partial charge in [0.1, 0.15) is 11.2 Å². The van der Waals surface area contributed by atoms with Crippen molar-refractivity contribution >= 4 is 16.9 Å². The zero-order chi connectivity index (χ0) is 20.4. The molecule has 0 spiro atoms. The molecule has 1 unspecified atom stereocenters. The monoisotopic (exact) mass is 402 g/mol. The van der Waals surface area contributed by atoms with Crippen LogP contribution in [-0.2, 0) is 12.5 Å². The zero-order valence-electron chi connectivity index (χ0n) is 17.0. The maximum absolute atomic E-state index is 13.9. The molecule has 1 N–H and O–H groups in total. The molecule has 29 heavy (non-hydrogen) atoms. The number of hydrogen-bond donors (Lipinski definition) is 1. The van der Waals surface area contributed by atoms with Gasteiger partial charge in [-0.25, -0.2) is 13.8 Å². The lowest BCUT2D eigenvalue weighted by Crippen LogP contribution is -2.23. The highest BCUT2D eigenvalue weighted by Crippen LogP contribution is 2.61. The second-order valence-corrected chi connectivity index (χ2v) is 9.42. The molecule has 2 aromatic heterocycles. The van der Waals surface area contributed by atoms with Crippen LogP contribution in [0.1, 0.15) is 63.3 Å². The Hall–Kier alpha value is -1.89. The zero-order valence-corrected chi connectivity index (χ0v) is 17.0. The lowest BCUT2D eigenvalue weighted by molar-refractivity contribution is 0.0904. The first-order valence-corrected chi connectivity index (χ1v) is 10.7. The molecule has 7 heteroatoms. The van der Waals surface area contributed by atoms with Crippen molar-refractivity contribution in [2.45, 2.75) is 69.2 Å². The van der Waals surface area contributed by atoms with Crippen molar-refractivity contribution in [1.82, 2.24) is 14.5 Å². The molecular formula is C22H28F2N4O. The van der Waals surface area contributed by atoms with E-state index >= 15 is 0 Å². The van der Waals surface area contributed by atoms with E-state index < -0.39 is 11.3 Å². The Labute approximate surface area is 169 Å². The van der Waals surface area contributed by atoms with Crippen LogP contribution >= 0.6 is 0 Å². The topological polar surface area (TPSA) is 63.3 Å². The second kappa shape index (κ2) is 6.56. The van der Waals surface area contributed by atoms with E-state index in [0.717, 1.165) is 37.3 Å². The third-order valence-corrected chi connectivity index (χ3v) is 7.23. The Morgan fingerprint density at radius 3 is 2.69 bits per heavy atom. The van der Waals surface area contributed by atoms with Gasteiger partial charge in [0.15, 0.2) is 5.65 Å². The van der Waals surface area contributed by atoms with Crippen LogP contribution in [0.5, 0.6) is 0 Å².